The second-order valence-corrected chi connectivity index (χ2v) is 4.95. The number of nitrogens with one attached hydrogen (secondary N) is 1. The molecule has 0 saturated carbocycles. The van der Waals surface area contributed by atoms with Crippen molar-refractivity contribution in [2.45, 2.75) is 52.5 Å². The van der Waals surface area contributed by atoms with Crippen LogP contribution in [-0.4, -0.2) is 37.1 Å². The summed E-state index contributed by atoms with van der Waals surface area (Å²) in [5, 5.41) is 3.44. The Morgan fingerprint density at radius 3 is 2.47 bits per heavy atom. The molecule has 0 amide bonds. The van der Waals surface area contributed by atoms with Gasteiger partial charge < -0.3 is 10.2 Å². The molecule has 1 aliphatic rings. The SMILES string of the molecule is CCCN(CC1CCNCC1)C(C)CC. The minimum atomic E-state index is 0.764. The van der Waals surface area contributed by atoms with Crippen LogP contribution in [0.4, 0.5) is 0 Å². The van der Waals surface area contributed by atoms with E-state index in [-0.39, 0.29) is 0 Å². The Hall–Kier alpha value is -0.0800. The molecule has 2 heteroatoms. The lowest BCUT2D eigenvalue weighted by atomic mass is 9.96. The Morgan fingerprint density at radius 2 is 1.93 bits per heavy atom. The molecule has 1 fully saturated rings. The number of nitrogens with zero attached hydrogens (tertiary/aromatic N) is 1. The summed E-state index contributed by atoms with van der Waals surface area (Å²) in [5.74, 6) is 0.937. The molecular weight excluding hydrogens is 184 g/mol. The third-order valence-corrected chi connectivity index (χ3v) is 3.68. The van der Waals surface area contributed by atoms with Crippen molar-refractivity contribution in [3.05, 3.63) is 0 Å². The highest BCUT2D eigenvalue weighted by atomic mass is 15.1. The normalized spacial score (nSPS) is 20.8. The molecule has 0 spiro atoms. The highest BCUT2D eigenvalue weighted by Crippen LogP contribution is 2.16. The molecule has 2 nitrogen and oxygen atoms in total. The standard InChI is InChI=1S/C13H28N2/c1-4-10-15(12(3)5-2)11-13-6-8-14-9-7-13/h12-14H,4-11H2,1-3H3. The van der Waals surface area contributed by atoms with Gasteiger partial charge in [0.05, 0.1) is 0 Å². The summed E-state index contributed by atoms with van der Waals surface area (Å²) in [6, 6.07) is 0.764. The molecule has 1 N–H and O–H groups in total. The fraction of sp³-hybridized carbons (Fsp3) is 1.00. The van der Waals surface area contributed by atoms with Crippen LogP contribution in [0.1, 0.15) is 46.5 Å². The Labute approximate surface area is 95.4 Å². The summed E-state index contributed by atoms with van der Waals surface area (Å²) >= 11 is 0. The first kappa shape index (κ1) is 13.0. The van der Waals surface area contributed by atoms with E-state index < -0.39 is 0 Å². The molecular formula is C13H28N2. The predicted octanol–water partition coefficient (Wildman–Crippen LogP) is 2.50. The largest absolute Gasteiger partial charge is 0.317 e. The fourth-order valence-electron chi connectivity index (χ4n) is 2.43. The van der Waals surface area contributed by atoms with E-state index in [1.165, 1.54) is 51.9 Å². The van der Waals surface area contributed by atoms with E-state index in [4.69, 9.17) is 0 Å². The van der Waals surface area contributed by atoms with Crippen LogP contribution in [-0.2, 0) is 0 Å². The first-order valence-corrected chi connectivity index (χ1v) is 6.72. The van der Waals surface area contributed by atoms with Gasteiger partial charge in [0.25, 0.3) is 0 Å². The van der Waals surface area contributed by atoms with Gasteiger partial charge in [0.1, 0.15) is 0 Å². The average molecular weight is 212 g/mol. The van der Waals surface area contributed by atoms with Crippen molar-refractivity contribution in [2.24, 2.45) is 5.92 Å². The van der Waals surface area contributed by atoms with E-state index in [2.05, 4.69) is 31.0 Å². The predicted molar refractivity (Wildman–Crippen MR) is 67.2 cm³/mol. The van der Waals surface area contributed by atoms with Crippen LogP contribution in [0, 0.1) is 5.92 Å². The van der Waals surface area contributed by atoms with Crippen molar-refractivity contribution < 1.29 is 0 Å². The van der Waals surface area contributed by atoms with Crippen molar-refractivity contribution in [1.82, 2.24) is 10.2 Å². The van der Waals surface area contributed by atoms with E-state index in [1.807, 2.05) is 0 Å². The molecule has 1 unspecified atom stereocenters. The fourth-order valence-corrected chi connectivity index (χ4v) is 2.43. The topological polar surface area (TPSA) is 15.3 Å². The molecule has 1 aliphatic heterocycles. The first-order valence-electron chi connectivity index (χ1n) is 6.72. The van der Waals surface area contributed by atoms with E-state index in [0.29, 0.717) is 0 Å². The quantitative estimate of drug-likeness (QED) is 0.728. The van der Waals surface area contributed by atoms with Crippen LogP contribution >= 0.6 is 0 Å². The zero-order valence-electron chi connectivity index (χ0n) is 10.8. The van der Waals surface area contributed by atoms with E-state index in [9.17, 15) is 0 Å². The van der Waals surface area contributed by atoms with Gasteiger partial charge in [-0.25, -0.2) is 0 Å². The van der Waals surface area contributed by atoms with Crippen LogP contribution in [0.25, 0.3) is 0 Å². The molecule has 1 rings (SSSR count). The van der Waals surface area contributed by atoms with Crippen LogP contribution in [0.15, 0.2) is 0 Å². The second kappa shape index (κ2) is 7.24. The van der Waals surface area contributed by atoms with Crippen LogP contribution in [0.3, 0.4) is 0 Å². The minimum Gasteiger partial charge on any atom is -0.317 e. The third kappa shape index (κ3) is 4.52. The minimum absolute atomic E-state index is 0.764. The van der Waals surface area contributed by atoms with Crippen molar-refractivity contribution >= 4 is 0 Å². The Bertz CT molecular complexity index is 153. The highest BCUT2D eigenvalue weighted by molar-refractivity contribution is 4.75. The maximum atomic E-state index is 3.44. The van der Waals surface area contributed by atoms with Gasteiger partial charge in [0, 0.05) is 12.6 Å². The molecule has 1 heterocycles. The van der Waals surface area contributed by atoms with Crippen molar-refractivity contribution in [3.63, 3.8) is 0 Å². The summed E-state index contributed by atoms with van der Waals surface area (Å²) in [6.07, 6.45) is 5.31. The van der Waals surface area contributed by atoms with Crippen molar-refractivity contribution in [3.8, 4) is 0 Å². The highest BCUT2D eigenvalue weighted by Gasteiger charge is 2.19. The van der Waals surface area contributed by atoms with E-state index in [1.54, 1.807) is 0 Å². The number of piperidine rings is 1. The summed E-state index contributed by atoms with van der Waals surface area (Å²) in [5.41, 5.74) is 0. The number of hydrogen-bond donors (Lipinski definition) is 1. The molecule has 0 bridgehead atoms. The Balaban J connectivity index is 2.34. The molecule has 0 aliphatic carbocycles. The first-order chi connectivity index (χ1) is 7.27. The average Bonchev–Trinajstić information content (AvgIpc) is 2.29. The molecule has 0 aromatic carbocycles. The van der Waals surface area contributed by atoms with Gasteiger partial charge in [-0.3, -0.25) is 0 Å². The third-order valence-electron chi connectivity index (χ3n) is 3.68. The van der Waals surface area contributed by atoms with Crippen molar-refractivity contribution in [2.75, 3.05) is 26.2 Å². The van der Waals surface area contributed by atoms with Crippen LogP contribution in [0.2, 0.25) is 0 Å². The number of rotatable bonds is 6. The second-order valence-electron chi connectivity index (χ2n) is 4.95. The Morgan fingerprint density at radius 1 is 1.27 bits per heavy atom. The summed E-state index contributed by atoms with van der Waals surface area (Å²) in [4.78, 5) is 2.69. The van der Waals surface area contributed by atoms with Gasteiger partial charge in [-0.15, -0.1) is 0 Å². The van der Waals surface area contributed by atoms with E-state index >= 15 is 0 Å². The van der Waals surface area contributed by atoms with Gasteiger partial charge in [0.15, 0.2) is 0 Å². The lowest BCUT2D eigenvalue weighted by Crippen LogP contribution is -2.40. The zero-order chi connectivity index (χ0) is 11.1. The summed E-state index contributed by atoms with van der Waals surface area (Å²) in [7, 11) is 0. The maximum absolute atomic E-state index is 3.44. The molecule has 0 radical (unpaired) electrons. The molecule has 1 atom stereocenters. The maximum Gasteiger partial charge on any atom is 0.00644 e. The van der Waals surface area contributed by atoms with Crippen molar-refractivity contribution in [1.29, 1.82) is 0 Å². The molecule has 1 saturated heterocycles. The monoisotopic (exact) mass is 212 g/mol. The molecule has 0 aromatic rings. The van der Waals surface area contributed by atoms with Crippen LogP contribution in [0.5, 0.6) is 0 Å². The smallest absolute Gasteiger partial charge is 0.00644 e. The van der Waals surface area contributed by atoms with E-state index in [0.717, 1.165) is 12.0 Å². The van der Waals surface area contributed by atoms with Gasteiger partial charge >= 0.3 is 0 Å². The number of hydrogen-bond acceptors (Lipinski definition) is 2. The lowest BCUT2D eigenvalue weighted by Gasteiger charge is -2.33. The zero-order valence-corrected chi connectivity index (χ0v) is 10.8. The van der Waals surface area contributed by atoms with Crippen LogP contribution < -0.4 is 5.32 Å². The molecule has 0 aromatic heterocycles. The molecule has 15 heavy (non-hydrogen) atoms. The summed E-state index contributed by atoms with van der Waals surface area (Å²) in [6.45, 7) is 12.0. The van der Waals surface area contributed by atoms with Gasteiger partial charge in [-0.05, 0) is 58.2 Å². The lowest BCUT2D eigenvalue weighted by molar-refractivity contribution is 0.157. The molecule has 90 valence electrons. The van der Waals surface area contributed by atoms with Gasteiger partial charge in [-0.2, -0.15) is 0 Å². The Kier molecular flexibility index (Phi) is 6.26. The summed E-state index contributed by atoms with van der Waals surface area (Å²) < 4.78 is 0. The van der Waals surface area contributed by atoms with Gasteiger partial charge in [0.2, 0.25) is 0 Å². The van der Waals surface area contributed by atoms with Gasteiger partial charge in [-0.1, -0.05) is 13.8 Å².